The Bertz CT molecular complexity index is 385. The second kappa shape index (κ2) is 4.70. The van der Waals surface area contributed by atoms with Crippen molar-refractivity contribution in [2.45, 2.75) is 18.9 Å². The van der Waals surface area contributed by atoms with Crippen molar-refractivity contribution in [2.75, 3.05) is 0 Å². The van der Waals surface area contributed by atoms with Crippen LogP contribution in [0, 0.1) is 0 Å². The summed E-state index contributed by atoms with van der Waals surface area (Å²) >= 11 is 0. The first-order chi connectivity index (χ1) is 7.36. The minimum atomic E-state index is -0.173. The molecule has 1 aromatic heterocycles. The van der Waals surface area contributed by atoms with E-state index in [1.165, 1.54) is 11.9 Å². The molecule has 0 bridgehead atoms. The van der Waals surface area contributed by atoms with Crippen LogP contribution in [0.3, 0.4) is 0 Å². The number of nitrogens with two attached hydrogens (primary N) is 1. The molecule has 78 valence electrons. The zero-order valence-corrected chi connectivity index (χ0v) is 8.34. The van der Waals surface area contributed by atoms with E-state index in [0.29, 0.717) is 5.89 Å². The summed E-state index contributed by atoms with van der Waals surface area (Å²) < 4.78 is 4.90. The van der Waals surface area contributed by atoms with Crippen LogP contribution in [0.15, 0.2) is 41.2 Å². The van der Waals surface area contributed by atoms with E-state index in [0.717, 1.165) is 12.8 Å². The summed E-state index contributed by atoms with van der Waals surface area (Å²) in [6.45, 7) is 0. The van der Waals surface area contributed by atoms with Crippen molar-refractivity contribution in [1.82, 2.24) is 10.1 Å². The topological polar surface area (TPSA) is 64.9 Å². The van der Waals surface area contributed by atoms with Crippen molar-refractivity contribution < 1.29 is 4.52 Å². The van der Waals surface area contributed by atoms with Crippen LogP contribution in [0.5, 0.6) is 0 Å². The summed E-state index contributed by atoms with van der Waals surface area (Å²) in [5.74, 6) is 0.505. The smallest absolute Gasteiger partial charge is 0.243 e. The molecule has 4 nitrogen and oxygen atoms in total. The molecule has 0 aliphatic heterocycles. The molecule has 1 heterocycles. The van der Waals surface area contributed by atoms with Crippen molar-refractivity contribution in [3.05, 3.63) is 48.1 Å². The number of rotatable bonds is 4. The number of benzene rings is 1. The van der Waals surface area contributed by atoms with Gasteiger partial charge in [-0.3, -0.25) is 0 Å². The maximum atomic E-state index is 5.89. The monoisotopic (exact) mass is 203 g/mol. The van der Waals surface area contributed by atoms with Gasteiger partial charge in [0.2, 0.25) is 5.89 Å². The molecule has 0 amide bonds. The van der Waals surface area contributed by atoms with Gasteiger partial charge in [0.25, 0.3) is 0 Å². The predicted molar refractivity (Wildman–Crippen MR) is 56.0 cm³/mol. The van der Waals surface area contributed by atoms with E-state index < -0.39 is 0 Å². The van der Waals surface area contributed by atoms with Crippen LogP contribution >= 0.6 is 0 Å². The number of aromatic nitrogens is 2. The third kappa shape index (κ3) is 2.63. The molecular weight excluding hydrogens is 190 g/mol. The molecule has 15 heavy (non-hydrogen) atoms. The highest BCUT2D eigenvalue weighted by Crippen LogP contribution is 2.13. The maximum Gasteiger partial charge on any atom is 0.243 e. The van der Waals surface area contributed by atoms with Gasteiger partial charge in [0.15, 0.2) is 6.33 Å². The molecular formula is C11H13N3O. The van der Waals surface area contributed by atoms with E-state index in [1.54, 1.807) is 0 Å². The van der Waals surface area contributed by atoms with Crippen LogP contribution in [-0.2, 0) is 6.42 Å². The zero-order valence-electron chi connectivity index (χ0n) is 8.34. The van der Waals surface area contributed by atoms with Crippen molar-refractivity contribution in [1.29, 1.82) is 0 Å². The Morgan fingerprint density at radius 1 is 1.27 bits per heavy atom. The van der Waals surface area contributed by atoms with Crippen LogP contribution in [0.25, 0.3) is 0 Å². The lowest BCUT2D eigenvalue weighted by Gasteiger charge is -2.05. The fourth-order valence-electron chi connectivity index (χ4n) is 1.44. The normalized spacial score (nSPS) is 12.6. The fourth-order valence-corrected chi connectivity index (χ4v) is 1.44. The number of nitrogens with zero attached hydrogens (tertiary/aromatic N) is 2. The highest BCUT2D eigenvalue weighted by atomic mass is 16.5. The fraction of sp³-hybridized carbons (Fsp3) is 0.273. The summed E-state index contributed by atoms with van der Waals surface area (Å²) in [4.78, 5) is 3.93. The summed E-state index contributed by atoms with van der Waals surface area (Å²) in [5.41, 5.74) is 7.16. The maximum absolute atomic E-state index is 5.89. The number of aryl methyl sites for hydroxylation is 1. The third-order valence-corrected chi connectivity index (χ3v) is 2.28. The highest BCUT2D eigenvalue weighted by Gasteiger charge is 2.11. The first kappa shape index (κ1) is 9.86. The van der Waals surface area contributed by atoms with E-state index in [4.69, 9.17) is 10.3 Å². The van der Waals surface area contributed by atoms with E-state index in [1.807, 2.05) is 18.2 Å². The molecule has 2 rings (SSSR count). The molecule has 0 unspecified atom stereocenters. The van der Waals surface area contributed by atoms with Gasteiger partial charge in [-0.2, -0.15) is 4.98 Å². The van der Waals surface area contributed by atoms with E-state index in [9.17, 15) is 0 Å². The third-order valence-electron chi connectivity index (χ3n) is 2.28. The van der Waals surface area contributed by atoms with Gasteiger partial charge in [-0.1, -0.05) is 35.5 Å². The lowest BCUT2D eigenvalue weighted by Crippen LogP contribution is -2.11. The minimum absolute atomic E-state index is 0.173. The molecule has 0 saturated heterocycles. The molecule has 2 N–H and O–H groups in total. The van der Waals surface area contributed by atoms with Gasteiger partial charge in [0, 0.05) is 0 Å². The Kier molecular flexibility index (Phi) is 3.09. The Hall–Kier alpha value is -1.68. The first-order valence-corrected chi connectivity index (χ1v) is 4.92. The second-order valence-electron chi connectivity index (χ2n) is 3.41. The molecule has 0 aliphatic carbocycles. The van der Waals surface area contributed by atoms with Crippen molar-refractivity contribution >= 4 is 0 Å². The lowest BCUT2D eigenvalue weighted by atomic mass is 10.1. The summed E-state index contributed by atoms with van der Waals surface area (Å²) in [6, 6.07) is 10.0. The van der Waals surface area contributed by atoms with E-state index in [2.05, 4.69) is 22.3 Å². The summed E-state index contributed by atoms with van der Waals surface area (Å²) in [5, 5.41) is 3.53. The van der Waals surface area contributed by atoms with Gasteiger partial charge in [0.05, 0.1) is 6.04 Å². The van der Waals surface area contributed by atoms with Gasteiger partial charge < -0.3 is 10.3 Å². The lowest BCUT2D eigenvalue weighted by molar-refractivity contribution is 0.348. The Balaban J connectivity index is 1.89. The van der Waals surface area contributed by atoms with Gasteiger partial charge in [-0.05, 0) is 18.4 Å². The Morgan fingerprint density at radius 3 is 2.73 bits per heavy atom. The molecule has 0 fully saturated rings. The Morgan fingerprint density at radius 2 is 2.07 bits per heavy atom. The first-order valence-electron chi connectivity index (χ1n) is 4.92. The van der Waals surface area contributed by atoms with Crippen LogP contribution in [0.4, 0.5) is 0 Å². The number of hydrogen-bond acceptors (Lipinski definition) is 4. The van der Waals surface area contributed by atoms with Gasteiger partial charge in [-0.25, -0.2) is 0 Å². The molecule has 4 heteroatoms. The van der Waals surface area contributed by atoms with E-state index in [-0.39, 0.29) is 6.04 Å². The summed E-state index contributed by atoms with van der Waals surface area (Å²) in [7, 11) is 0. The molecule has 1 aromatic carbocycles. The average Bonchev–Trinajstić information content (AvgIpc) is 2.81. The van der Waals surface area contributed by atoms with Crippen molar-refractivity contribution in [3.63, 3.8) is 0 Å². The average molecular weight is 203 g/mol. The molecule has 0 radical (unpaired) electrons. The number of hydrogen-bond donors (Lipinski definition) is 1. The predicted octanol–water partition coefficient (Wildman–Crippen LogP) is 1.70. The molecule has 0 aliphatic rings. The van der Waals surface area contributed by atoms with Gasteiger partial charge in [0.1, 0.15) is 0 Å². The molecule has 0 saturated carbocycles. The SMILES string of the molecule is N[C@@H](CCc1ccccc1)c1ncno1. The largest absolute Gasteiger partial charge is 0.338 e. The minimum Gasteiger partial charge on any atom is -0.338 e. The van der Waals surface area contributed by atoms with E-state index >= 15 is 0 Å². The molecule has 0 spiro atoms. The van der Waals surface area contributed by atoms with Gasteiger partial charge in [-0.15, -0.1) is 0 Å². The molecule has 2 aromatic rings. The quantitative estimate of drug-likeness (QED) is 0.821. The Labute approximate surface area is 88.1 Å². The van der Waals surface area contributed by atoms with Crippen LogP contribution < -0.4 is 5.73 Å². The zero-order chi connectivity index (χ0) is 10.5. The highest BCUT2D eigenvalue weighted by molar-refractivity contribution is 5.14. The van der Waals surface area contributed by atoms with Crippen LogP contribution in [0.2, 0.25) is 0 Å². The van der Waals surface area contributed by atoms with Crippen LogP contribution in [0.1, 0.15) is 23.9 Å². The molecule has 1 atom stereocenters. The second-order valence-corrected chi connectivity index (χ2v) is 3.41. The van der Waals surface area contributed by atoms with Crippen molar-refractivity contribution in [3.8, 4) is 0 Å². The summed E-state index contributed by atoms with van der Waals surface area (Å²) in [6.07, 6.45) is 3.11. The van der Waals surface area contributed by atoms with Crippen molar-refractivity contribution in [2.24, 2.45) is 5.73 Å². The van der Waals surface area contributed by atoms with Crippen LogP contribution in [-0.4, -0.2) is 10.1 Å². The standard InChI is InChI=1S/C11H13N3O/c12-10(11-13-8-14-15-11)7-6-9-4-2-1-3-5-9/h1-5,8,10H,6-7,12H2/t10-/m0/s1. The van der Waals surface area contributed by atoms with Gasteiger partial charge >= 0.3 is 0 Å².